The first-order valence-electron chi connectivity index (χ1n) is 5.74. The van der Waals surface area contributed by atoms with Crippen molar-refractivity contribution in [2.45, 2.75) is 34.1 Å². The molecule has 0 amide bonds. The number of methoxy groups -OCH3 is 1. The highest BCUT2D eigenvalue weighted by molar-refractivity contribution is 5.81. The van der Waals surface area contributed by atoms with Gasteiger partial charge in [0.2, 0.25) is 0 Å². The van der Waals surface area contributed by atoms with Gasteiger partial charge in [0.25, 0.3) is 0 Å². The van der Waals surface area contributed by atoms with Crippen LogP contribution in [0.5, 0.6) is 0 Å². The van der Waals surface area contributed by atoms with E-state index in [0.29, 0.717) is 10.8 Å². The second-order valence-corrected chi connectivity index (χ2v) is 6.25. The number of piperidine rings is 1. The van der Waals surface area contributed by atoms with E-state index in [0.717, 1.165) is 13.1 Å². The molecule has 0 aromatic heterocycles. The van der Waals surface area contributed by atoms with Gasteiger partial charge in [0.1, 0.15) is 0 Å². The molecule has 16 heavy (non-hydrogen) atoms. The molecule has 1 heterocycles. The van der Waals surface area contributed by atoms with Crippen LogP contribution in [-0.2, 0) is 9.53 Å². The van der Waals surface area contributed by atoms with Crippen molar-refractivity contribution in [2.24, 2.45) is 10.8 Å². The predicted molar refractivity (Wildman–Crippen MR) is 64.9 cm³/mol. The molecule has 92 valence electrons. The number of hydrogen-bond donors (Lipinski definition) is 0. The average Bonchev–Trinajstić information content (AvgIpc) is 2.09. The molecular weight excluding hydrogens is 202 g/mol. The van der Waals surface area contributed by atoms with E-state index < -0.39 is 0 Å². The second-order valence-electron chi connectivity index (χ2n) is 6.25. The van der Waals surface area contributed by atoms with Gasteiger partial charge >= 0.3 is 5.97 Å². The van der Waals surface area contributed by atoms with E-state index in [1.54, 1.807) is 0 Å². The van der Waals surface area contributed by atoms with Crippen LogP contribution >= 0.6 is 0 Å². The summed E-state index contributed by atoms with van der Waals surface area (Å²) < 4.78 is 4.59. The Bertz CT molecular complexity index is 276. The molecule has 0 aliphatic carbocycles. The van der Waals surface area contributed by atoms with Gasteiger partial charge in [-0.05, 0) is 17.3 Å². The van der Waals surface area contributed by atoms with Crippen LogP contribution in [0, 0.1) is 10.8 Å². The van der Waals surface area contributed by atoms with Gasteiger partial charge in [-0.3, -0.25) is 0 Å². The van der Waals surface area contributed by atoms with Crippen LogP contribution in [0.1, 0.15) is 34.1 Å². The third-order valence-corrected chi connectivity index (χ3v) is 2.84. The zero-order valence-electron chi connectivity index (χ0n) is 11.0. The quantitative estimate of drug-likeness (QED) is 0.534. The van der Waals surface area contributed by atoms with Crippen LogP contribution in [-0.4, -0.2) is 31.1 Å². The summed E-state index contributed by atoms with van der Waals surface area (Å²) in [5, 5.41) is 0. The summed E-state index contributed by atoms with van der Waals surface area (Å²) in [7, 11) is 1.40. The van der Waals surface area contributed by atoms with Crippen LogP contribution in [0.3, 0.4) is 0 Å². The van der Waals surface area contributed by atoms with E-state index in [1.807, 2.05) is 6.20 Å². The maximum atomic E-state index is 11.0. The Morgan fingerprint density at radius 2 is 1.69 bits per heavy atom. The van der Waals surface area contributed by atoms with Gasteiger partial charge in [-0.1, -0.05) is 27.7 Å². The van der Waals surface area contributed by atoms with Crippen LogP contribution in [0.2, 0.25) is 0 Å². The van der Waals surface area contributed by atoms with Crippen molar-refractivity contribution in [2.75, 3.05) is 20.2 Å². The maximum Gasteiger partial charge on any atom is 0.331 e. The maximum absolute atomic E-state index is 11.0. The monoisotopic (exact) mass is 225 g/mol. The minimum atomic E-state index is -0.291. The molecule has 0 bridgehead atoms. The SMILES string of the molecule is COC(=O)/C=C/N1CC(C)(C)CC(C)(C)C1. The van der Waals surface area contributed by atoms with Crippen molar-refractivity contribution in [1.29, 1.82) is 0 Å². The van der Waals surface area contributed by atoms with Crippen molar-refractivity contribution < 1.29 is 9.53 Å². The first-order valence-corrected chi connectivity index (χ1v) is 5.74. The standard InChI is InChI=1S/C13H23NO2/c1-12(2)8-13(3,4)10-14(9-12)7-6-11(15)16-5/h6-7H,8-10H2,1-5H3/b7-6+. The molecular formula is C13H23NO2. The Kier molecular flexibility index (Phi) is 3.66. The number of hydrogen-bond acceptors (Lipinski definition) is 3. The number of carbonyl (C=O) groups excluding carboxylic acids is 1. The van der Waals surface area contributed by atoms with Crippen LogP contribution < -0.4 is 0 Å². The highest BCUT2D eigenvalue weighted by atomic mass is 16.5. The largest absolute Gasteiger partial charge is 0.466 e. The van der Waals surface area contributed by atoms with Crippen molar-refractivity contribution in [3.8, 4) is 0 Å². The van der Waals surface area contributed by atoms with Crippen molar-refractivity contribution in [3.63, 3.8) is 0 Å². The van der Waals surface area contributed by atoms with Crippen molar-refractivity contribution in [3.05, 3.63) is 12.3 Å². The molecule has 3 heteroatoms. The minimum Gasteiger partial charge on any atom is -0.466 e. The average molecular weight is 225 g/mol. The van der Waals surface area contributed by atoms with E-state index in [4.69, 9.17) is 0 Å². The molecule has 0 N–H and O–H groups in total. The van der Waals surface area contributed by atoms with Crippen molar-refractivity contribution in [1.82, 2.24) is 4.90 Å². The number of esters is 1. The highest BCUT2D eigenvalue weighted by Gasteiger charge is 2.36. The van der Waals surface area contributed by atoms with Gasteiger partial charge < -0.3 is 9.64 Å². The Morgan fingerprint density at radius 3 is 2.12 bits per heavy atom. The Hall–Kier alpha value is -0.990. The van der Waals surface area contributed by atoms with E-state index in [-0.39, 0.29) is 5.97 Å². The summed E-state index contributed by atoms with van der Waals surface area (Å²) in [5.41, 5.74) is 0.588. The first-order chi connectivity index (χ1) is 7.24. The minimum absolute atomic E-state index is 0.291. The Labute approximate surface area is 98.5 Å². The first kappa shape index (κ1) is 13.1. The number of likely N-dealkylation sites (tertiary alicyclic amines) is 1. The van der Waals surface area contributed by atoms with Crippen molar-refractivity contribution >= 4 is 5.97 Å². The lowest BCUT2D eigenvalue weighted by molar-refractivity contribution is -0.134. The molecule has 1 rings (SSSR count). The lowest BCUT2D eigenvalue weighted by atomic mass is 9.71. The normalized spacial score (nSPS) is 23.4. The van der Waals surface area contributed by atoms with Crippen LogP contribution in [0.25, 0.3) is 0 Å². The molecule has 0 aromatic rings. The topological polar surface area (TPSA) is 29.5 Å². The molecule has 1 fully saturated rings. The summed E-state index contributed by atoms with van der Waals surface area (Å²) in [6, 6.07) is 0. The highest BCUT2D eigenvalue weighted by Crippen LogP contribution is 2.39. The summed E-state index contributed by atoms with van der Waals surface area (Å²) in [4.78, 5) is 13.3. The van der Waals surface area contributed by atoms with Gasteiger partial charge in [-0.25, -0.2) is 4.79 Å². The lowest BCUT2D eigenvalue weighted by Crippen LogP contribution is -2.46. The van der Waals surface area contributed by atoms with Crippen LogP contribution in [0.15, 0.2) is 12.3 Å². The smallest absolute Gasteiger partial charge is 0.331 e. The zero-order chi connectivity index (χ0) is 12.4. The van der Waals surface area contributed by atoms with Gasteiger partial charge in [0, 0.05) is 25.4 Å². The van der Waals surface area contributed by atoms with Gasteiger partial charge in [0.05, 0.1) is 7.11 Å². The predicted octanol–water partition coefficient (Wildman–Crippen LogP) is 2.43. The molecule has 0 saturated carbocycles. The fourth-order valence-electron chi connectivity index (χ4n) is 2.90. The summed E-state index contributed by atoms with van der Waals surface area (Å²) >= 11 is 0. The molecule has 0 unspecified atom stereocenters. The van der Waals surface area contributed by atoms with E-state index >= 15 is 0 Å². The molecule has 1 aliphatic rings. The Morgan fingerprint density at radius 1 is 1.19 bits per heavy atom. The summed E-state index contributed by atoms with van der Waals surface area (Å²) in [6.45, 7) is 11.1. The number of ether oxygens (including phenoxy) is 1. The van der Waals surface area contributed by atoms with Crippen LogP contribution in [0.4, 0.5) is 0 Å². The van der Waals surface area contributed by atoms with Gasteiger partial charge in [0.15, 0.2) is 0 Å². The fourth-order valence-corrected chi connectivity index (χ4v) is 2.90. The lowest BCUT2D eigenvalue weighted by Gasteiger charge is -2.46. The molecule has 1 saturated heterocycles. The number of nitrogens with zero attached hydrogens (tertiary/aromatic N) is 1. The molecule has 3 nitrogen and oxygen atoms in total. The summed E-state index contributed by atoms with van der Waals surface area (Å²) in [6.07, 6.45) is 4.56. The molecule has 1 aliphatic heterocycles. The zero-order valence-corrected chi connectivity index (χ0v) is 11.0. The summed E-state index contributed by atoms with van der Waals surface area (Å²) in [5.74, 6) is -0.291. The fraction of sp³-hybridized carbons (Fsp3) is 0.769. The van der Waals surface area contributed by atoms with E-state index in [9.17, 15) is 4.79 Å². The molecule has 0 spiro atoms. The van der Waals surface area contributed by atoms with Gasteiger partial charge in [-0.15, -0.1) is 0 Å². The second kappa shape index (κ2) is 4.48. The van der Waals surface area contributed by atoms with E-state index in [2.05, 4.69) is 37.3 Å². The molecule has 0 radical (unpaired) electrons. The third kappa shape index (κ3) is 3.87. The third-order valence-electron chi connectivity index (χ3n) is 2.84. The molecule has 0 aromatic carbocycles. The van der Waals surface area contributed by atoms with Gasteiger partial charge in [-0.2, -0.15) is 0 Å². The number of carbonyl (C=O) groups is 1. The number of rotatable bonds is 2. The molecule has 0 atom stereocenters. The Balaban J connectivity index is 2.68. The van der Waals surface area contributed by atoms with E-state index in [1.165, 1.54) is 19.6 Å².